The lowest BCUT2D eigenvalue weighted by molar-refractivity contribution is 0.190. The predicted molar refractivity (Wildman–Crippen MR) is 59.5 cm³/mol. The Bertz CT molecular complexity index is 115. The molecule has 78 valence electrons. The average molecular weight is 250 g/mol. The average Bonchev–Trinajstić information content (AvgIpc) is 2.63. The summed E-state index contributed by atoms with van der Waals surface area (Å²) < 4.78 is 5.28. The highest BCUT2D eigenvalue weighted by Gasteiger charge is 2.13. The topological polar surface area (TPSA) is 21.3 Å². The summed E-state index contributed by atoms with van der Waals surface area (Å²) in [5, 5.41) is 4.67. The molecule has 1 aliphatic rings. The molecule has 1 unspecified atom stereocenters. The number of hydrogen-bond acceptors (Lipinski definition) is 2. The van der Waals surface area contributed by atoms with Crippen molar-refractivity contribution >= 4 is 15.9 Å². The number of nitrogens with one attached hydrogen (secondary N) is 1. The lowest BCUT2D eigenvalue weighted by atomic mass is 10.2. The maximum Gasteiger partial charge on any atom is 0.0620 e. The molecule has 2 nitrogen and oxygen atoms in total. The van der Waals surface area contributed by atoms with Gasteiger partial charge in [-0.1, -0.05) is 28.8 Å². The van der Waals surface area contributed by atoms with Crippen molar-refractivity contribution in [2.45, 2.75) is 38.1 Å². The summed E-state index contributed by atoms with van der Waals surface area (Å²) in [5.74, 6) is 0. The fourth-order valence-corrected chi connectivity index (χ4v) is 1.97. The third-order valence-corrected chi connectivity index (χ3v) is 2.98. The van der Waals surface area contributed by atoms with Crippen molar-refractivity contribution in [1.82, 2.24) is 5.32 Å². The minimum Gasteiger partial charge on any atom is -0.380 e. The molecule has 1 rings (SSSR count). The molecule has 0 saturated carbocycles. The maximum absolute atomic E-state index is 5.28. The van der Waals surface area contributed by atoms with Crippen molar-refractivity contribution in [3.63, 3.8) is 0 Å². The molecular weight excluding hydrogens is 230 g/mol. The number of rotatable bonds is 7. The van der Waals surface area contributed by atoms with E-state index in [2.05, 4.69) is 21.2 Å². The van der Waals surface area contributed by atoms with E-state index in [0.717, 1.165) is 25.1 Å². The zero-order chi connectivity index (χ0) is 9.36. The zero-order valence-corrected chi connectivity index (χ0v) is 9.81. The molecule has 0 amide bonds. The van der Waals surface area contributed by atoms with E-state index < -0.39 is 0 Å². The Labute approximate surface area is 89.5 Å². The van der Waals surface area contributed by atoms with Gasteiger partial charge < -0.3 is 10.1 Å². The first-order chi connectivity index (χ1) is 6.43. The van der Waals surface area contributed by atoms with Gasteiger partial charge in [0.2, 0.25) is 0 Å². The Morgan fingerprint density at radius 3 is 2.77 bits per heavy atom. The first-order valence-corrected chi connectivity index (χ1v) is 6.42. The third kappa shape index (κ3) is 5.66. The second-order valence-corrected chi connectivity index (χ2v) is 4.41. The van der Waals surface area contributed by atoms with Crippen LogP contribution in [0.1, 0.15) is 32.1 Å². The highest BCUT2D eigenvalue weighted by atomic mass is 79.9. The fraction of sp³-hybridized carbons (Fsp3) is 1.00. The molecule has 1 fully saturated rings. The molecule has 1 heterocycles. The number of ether oxygens (including phenoxy) is 1. The Balaban J connectivity index is 1.78. The molecule has 0 aromatic carbocycles. The third-order valence-electron chi connectivity index (χ3n) is 2.42. The van der Waals surface area contributed by atoms with Crippen LogP contribution >= 0.6 is 15.9 Å². The highest BCUT2D eigenvalue weighted by Crippen LogP contribution is 2.04. The lowest BCUT2D eigenvalue weighted by Gasteiger charge is -2.09. The Morgan fingerprint density at radius 2 is 2.08 bits per heavy atom. The normalized spacial score (nSPS) is 22.4. The van der Waals surface area contributed by atoms with Gasteiger partial charge in [-0.3, -0.25) is 0 Å². The van der Waals surface area contributed by atoms with Gasteiger partial charge in [0.25, 0.3) is 0 Å². The first-order valence-electron chi connectivity index (χ1n) is 5.30. The maximum atomic E-state index is 5.28. The molecule has 0 aromatic rings. The van der Waals surface area contributed by atoms with Gasteiger partial charge in [0, 0.05) is 18.0 Å². The van der Waals surface area contributed by atoms with Crippen LogP contribution in [0.4, 0.5) is 0 Å². The van der Waals surface area contributed by atoms with E-state index >= 15 is 0 Å². The van der Waals surface area contributed by atoms with Crippen LogP contribution in [0.5, 0.6) is 0 Å². The van der Waals surface area contributed by atoms with Crippen molar-refractivity contribution in [1.29, 1.82) is 0 Å². The number of unbranched alkanes of at least 4 members (excludes halogenated alkanes) is 3. The monoisotopic (exact) mass is 249 g/mol. The fourth-order valence-electron chi connectivity index (χ4n) is 1.57. The van der Waals surface area contributed by atoms with Crippen molar-refractivity contribution in [2.75, 3.05) is 25.1 Å². The molecule has 0 aromatic heterocycles. The van der Waals surface area contributed by atoms with E-state index in [-0.39, 0.29) is 0 Å². The molecule has 0 radical (unpaired) electrons. The number of halogens is 1. The standard InChI is InChI=1S/C10H20BrNO/c11-6-3-1-2-4-7-12-10-5-8-13-9-10/h10,12H,1-9H2. The van der Waals surface area contributed by atoms with Gasteiger partial charge in [0.1, 0.15) is 0 Å². The molecule has 1 N–H and O–H groups in total. The van der Waals surface area contributed by atoms with Gasteiger partial charge in [0.15, 0.2) is 0 Å². The van der Waals surface area contributed by atoms with Gasteiger partial charge in [-0.15, -0.1) is 0 Å². The molecule has 1 atom stereocenters. The first kappa shape index (κ1) is 11.5. The largest absolute Gasteiger partial charge is 0.380 e. The molecular formula is C10H20BrNO. The quantitative estimate of drug-likeness (QED) is 0.553. The Hall–Kier alpha value is 0.400. The molecule has 13 heavy (non-hydrogen) atoms. The Morgan fingerprint density at radius 1 is 1.23 bits per heavy atom. The van der Waals surface area contributed by atoms with Crippen LogP contribution in [0.3, 0.4) is 0 Å². The van der Waals surface area contributed by atoms with Gasteiger partial charge in [-0.2, -0.15) is 0 Å². The molecule has 1 saturated heterocycles. The van der Waals surface area contributed by atoms with E-state index in [0.29, 0.717) is 6.04 Å². The van der Waals surface area contributed by atoms with Crippen molar-refractivity contribution < 1.29 is 4.74 Å². The Kier molecular flexibility index (Phi) is 6.86. The van der Waals surface area contributed by atoms with Crippen molar-refractivity contribution in [2.24, 2.45) is 0 Å². The van der Waals surface area contributed by atoms with Crippen LogP contribution in [-0.2, 0) is 4.74 Å². The zero-order valence-electron chi connectivity index (χ0n) is 8.23. The summed E-state index contributed by atoms with van der Waals surface area (Å²) in [5.41, 5.74) is 0. The van der Waals surface area contributed by atoms with Crippen LogP contribution in [0, 0.1) is 0 Å². The number of alkyl halides is 1. The van der Waals surface area contributed by atoms with E-state index in [1.807, 2.05) is 0 Å². The minimum atomic E-state index is 0.635. The van der Waals surface area contributed by atoms with Gasteiger partial charge in [0.05, 0.1) is 6.61 Å². The van der Waals surface area contributed by atoms with Gasteiger partial charge >= 0.3 is 0 Å². The molecule has 3 heteroatoms. The van der Waals surface area contributed by atoms with E-state index in [9.17, 15) is 0 Å². The van der Waals surface area contributed by atoms with Crippen LogP contribution < -0.4 is 5.32 Å². The van der Waals surface area contributed by atoms with Crippen LogP contribution in [0.2, 0.25) is 0 Å². The molecule has 0 aliphatic carbocycles. The lowest BCUT2D eigenvalue weighted by Crippen LogP contribution is -2.29. The number of hydrogen-bond donors (Lipinski definition) is 1. The van der Waals surface area contributed by atoms with Gasteiger partial charge in [-0.25, -0.2) is 0 Å². The molecule has 1 aliphatic heterocycles. The second kappa shape index (κ2) is 7.77. The van der Waals surface area contributed by atoms with Gasteiger partial charge in [-0.05, 0) is 25.8 Å². The predicted octanol–water partition coefficient (Wildman–Crippen LogP) is 2.32. The smallest absolute Gasteiger partial charge is 0.0620 e. The van der Waals surface area contributed by atoms with Crippen LogP contribution in [0.15, 0.2) is 0 Å². The van der Waals surface area contributed by atoms with Crippen molar-refractivity contribution in [3.05, 3.63) is 0 Å². The summed E-state index contributed by atoms with van der Waals surface area (Å²) in [6, 6.07) is 0.635. The molecule has 0 spiro atoms. The summed E-state index contributed by atoms with van der Waals surface area (Å²) in [6.45, 7) is 3.03. The molecule has 0 bridgehead atoms. The van der Waals surface area contributed by atoms with E-state index in [4.69, 9.17) is 4.74 Å². The minimum absolute atomic E-state index is 0.635. The summed E-state index contributed by atoms with van der Waals surface area (Å²) in [7, 11) is 0. The second-order valence-electron chi connectivity index (χ2n) is 3.62. The highest BCUT2D eigenvalue weighted by molar-refractivity contribution is 9.09. The van der Waals surface area contributed by atoms with Crippen LogP contribution in [-0.4, -0.2) is 31.1 Å². The van der Waals surface area contributed by atoms with E-state index in [1.165, 1.54) is 32.1 Å². The van der Waals surface area contributed by atoms with Crippen LogP contribution in [0.25, 0.3) is 0 Å². The van der Waals surface area contributed by atoms with E-state index in [1.54, 1.807) is 0 Å². The van der Waals surface area contributed by atoms with Crippen molar-refractivity contribution in [3.8, 4) is 0 Å². The SMILES string of the molecule is BrCCCCCCNC1CCOC1. The summed E-state index contributed by atoms with van der Waals surface area (Å²) >= 11 is 3.44. The summed E-state index contributed by atoms with van der Waals surface area (Å²) in [6.07, 6.45) is 6.53. The summed E-state index contributed by atoms with van der Waals surface area (Å²) in [4.78, 5) is 0.